The van der Waals surface area contributed by atoms with Gasteiger partial charge in [0, 0.05) is 46.0 Å². The summed E-state index contributed by atoms with van der Waals surface area (Å²) in [5, 5.41) is 24.2. The van der Waals surface area contributed by atoms with Gasteiger partial charge in [0.1, 0.15) is 0 Å². The third kappa shape index (κ3) is 32.8. The van der Waals surface area contributed by atoms with Crippen molar-refractivity contribution in [1.29, 1.82) is 0 Å². The molecular formula is C19H40FGeO3Zr-. The van der Waals surface area contributed by atoms with Crippen molar-refractivity contribution in [2.24, 2.45) is 0 Å². The quantitative estimate of drug-likeness (QED) is 0.351. The first kappa shape index (κ1) is 33.3. The molecule has 0 aromatic rings. The summed E-state index contributed by atoms with van der Waals surface area (Å²) in [5.74, 6) is 3.47. The van der Waals surface area contributed by atoms with Crippen LogP contribution in [0.3, 0.4) is 0 Å². The number of hydrogen-bond acceptors (Lipinski definition) is 3. The summed E-state index contributed by atoms with van der Waals surface area (Å²) >= 11 is -2.96. The van der Waals surface area contributed by atoms with Gasteiger partial charge in [0.2, 0.25) is 0 Å². The van der Waals surface area contributed by atoms with Gasteiger partial charge in [-0.15, -0.1) is 0 Å². The van der Waals surface area contributed by atoms with Crippen LogP contribution < -0.4 is 0 Å². The molecule has 0 bridgehead atoms. The van der Waals surface area contributed by atoms with Crippen molar-refractivity contribution in [2.45, 2.75) is 77.2 Å². The molecule has 3 nitrogen and oxygen atoms in total. The Bertz CT molecular complexity index is 273. The molecule has 0 unspecified atom stereocenters. The number of rotatable bonds is 7. The van der Waals surface area contributed by atoms with E-state index in [1.165, 1.54) is 0 Å². The minimum atomic E-state index is -2.96. The van der Waals surface area contributed by atoms with E-state index < -0.39 is 13.7 Å². The average Bonchev–Trinajstić information content (AvgIpc) is 3.06. The first-order valence-electron chi connectivity index (χ1n) is 9.14. The van der Waals surface area contributed by atoms with E-state index in [4.69, 9.17) is 15.3 Å². The van der Waals surface area contributed by atoms with Crippen LogP contribution in [-0.2, 0) is 26.2 Å². The summed E-state index contributed by atoms with van der Waals surface area (Å²) in [4.78, 5) is 0. The Labute approximate surface area is 177 Å². The van der Waals surface area contributed by atoms with Gasteiger partial charge in [-0.25, -0.2) is 0 Å². The fourth-order valence-electron chi connectivity index (χ4n) is 1.29. The number of aliphatic hydroxyl groups excluding tert-OH is 3. The van der Waals surface area contributed by atoms with Gasteiger partial charge in [-0.3, -0.25) is 0 Å². The normalized spacial score (nSPS) is 11.6. The number of unbranched alkanes of at least 4 members (excludes halogenated alkanes) is 3. The van der Waals surface area contributed by atoms with Gasteiger partial charge < -0.3 is 15.3 Å². The van der Waals surface area contributed by atoms with E-state index in [0.29, 0.717) is 19.8 Å². The molecule has 25 heavy (non-hydrogen) atoms. The molecular weight excluding hydrogens is 459 g/mol. The summed E-state index contributed by atoms with van der Waals surface area (Å²) in [7, 11) is 0. The molecule has 0 aliphatic heterocycles. The van der Waals surface area contributed by atoms with Crippen LogP contribution in [0.2, 0.25) is 11.5 Å². The van der Waals surface area contributed by atoms with Gasteiger partial charge in [-0.05, 0) is 19.3 Å². The first-order valence-corrected chi connectivity index (χ1v) is 15.2. The molecule has 1 aliphatic rings. The summed E-state index contributed by atoms with van der Waals surface area (Å²) in [5.41, 5.74) is 0. The van der Waals surface area contributed by atoms with Gasteiger partial charge in [-0.2, -0.15) is 0 Å². The summed E-state index contributed by atoms with van der Waals surface area (Å²) in [6, 6.07) is 0. The van der Waals surface area contributed by atoms with E-state index in [-0.39, 0.29) is 26.2 Å². The minimum absolute atomic E-state index is 0. The maximum absolute atomic E-state index is 13.1. The summed E-state index contributed by atoms with van der Waals surface area (Å²) < 4.78 is 14.0. The Morgan fingerprint density at radius 3 is 1.36 bits per heavy atom. The largest absolute Gasteiger partial charge is 0 e. The second-order valence-corrected chi connectivity index (χ2v) is 13.2. The van der Waals surface area contributed by atoms with Gasteiger partial charge in [0.25, 0.3) is 0 Å². The Kier molecular flexibility index (Phi) is 35.9. The van der Waals surface area contributed by atoms with Gasteiger partial charge in [-0.1, -0.05) is 40.0 Å². The standard InChI is InChI=1S/C7H10FGe.3C4H10O.Zr/c1-9(2,8)7-5-3-4-6-7;3*1-2-3-4-5;/h3,5H,4H2,1-2H3;3*5H,2-4H2,1H3;/q-1;;;;. The molecule has 0 aromatic carbocycles. The van der Waals surface area contributed by atoms with E-state index in [1.54, 1.807) is 11.5 Å². The Morgan fingerprint density at radius 2 is 1.28 bits per heavy atom. The molecule has 1 rings (SSSR count). The van der Waals surface area contributed by atoms with Crippen molar-refractivity contribution < 1.29 is 45.0 Å². The summed E-state index contributed by atoms with van der Waals surface area (Å²) in [6.07, 6.45) is 13.8. The van der Waals surface area contributed by atoms with Gasteiger partial charge in [0.15, 0.2) is 0 Å². The SMILES string of the molecule is CCCCO.CCCCO.CCCCO.[CH3][Ge]([CH3])([F])[C]1=[C-]CC=C1.[Zr]. The molecule has 0 heterocycles. The van der Waals surface area contributed by atoms with E-state index in [1.807, 2.05) is 12.2 Å². The zero-order chi connectivity index (χ0) is 19.3. The molecule has 1 aliphatic carbocycles. The molecule has 6 heteroatoms. The maximum atomic E-state index is 13.1. The fraction of sp³-hybridized carbons (Fsp3) is 0.789. The molecule has 0 spiro atoms. The number of halogens is 1. The predicted molar refractivity (Wildman–Crippen MR) is 105 cm³/mol. The molecule has 0 saturated heterocycles. The molecule has 0 fully saturated rings. The van der Waals surface area contributed by atoms with Crippen LogP contribution >= 0.6 is 0 Å². The summed E-state index contributed by atoms with van der Waals surface area (Å²) in [6.45, 7) is 7.19. The van der Waals surface area contributed by atoms with Crippen molar-refractivity contribution in [3.8, 4) is 0 Å². The van der Waals surface area contributed by atoms with Crippen LogP contribution in [0.25, 0.3) is 0 Å². The number of allylic oxidation sites excluding steroid dienone is 4. The number of hydrogen-bond donors (Lipinski definition) is 3. The second-order valence-electron chi connectivity index (χ2n) is 5.90. The number of aliphatic hydroxyl groups is 3. The van der Waals surface area contributed by atoms with Gasteiger partial charge in [0.05, 0.1) is 0 Å². The molecule has 0 saturated carbocycles. The van der Waals surface area contributed by atoms with E-state index in [0.717, 1.165) is 49.4 Å². The van der Waals surface area contributed by atoms with Crippen LogP contribution in [0.15, 0.2) is 16.6 Å². The zero-order valence-corrected chi connectivity index (χ0v) is 21.5. The van der Waals surface area contributed by atoms with Crippen molar-refractivity contribution in [1.82, 2.24) is 0 Å². The fourth-order valence-corrected chi connectivity index (χ4v) is 3.46. The topological polar surface area (TPSA) is 60.7 Å². The smallest absolute Gasteiger partial charge is 0 e. The van der Waals surface area contributed by atoms with Gasteiger partial charge >= 0.3 is 57.8 Å². The third-order valence-corrected chi connectivity index (χ3v) is 6.28. The average molecular weight is 499 g/mol. The predicted octanol–water partition coefficient (Wildman–Crippen LogP) is 4.72. The van der Waals surface area contributed by atoms with Crippen molar-refractivity contribution in [2.75, 3.05) is 19.8 Å². The Hall–Kier alpha value is 0.716. The van der Waals surface area contributed by atoms with Crippen LogP contribution in [0.4, 0.5) is 3.50 Å². The Balaban J connectivity index is -0.000000122. The maximum Gasteiger partial charge on any atom is 0 e. The van der Waals surface area contributed by atoms with E-state index in [2.05, 4.69) is 26.8 Å². The van der Waals surface area contributed by atoms with E-state index >= 15 is 0 Å². The van der Waals surface area contributed by atoms with Crippen LogP contribution in [0.5, 0.6) is 0 Å². The molecule has 3 N–H and O–H groups in total. The van der Waals surface area contributed by atoms with E-state index in [9.17, 15) is 3.50 Å². The minimum Gasteiger partial charge on any atom is 0 e. The second kappa shape index (κ2) is 26.9. The third-order valence-electron chi connectivity index (χ3n) is 2.87. The molecule has 0 aromatic heterocycles. The monoisotopic (exact) mass is 499 g/mol. The molecule has 0 radical (unpaired) electrons. The first-order chi connectivity index (χ1) is 11.3. The Morgan fingerprint density at radius 1 is 0.920 bits per heavy atom. The van der Waals surface area contributed by atoms with Crippen LogP contribution in [0, 0.1) is 6.08 Å². The van der Waals surface area contributed by atoms with Crippen molar-refractivity contribution in [3.05, 3.63) is 22.6 Å². The van der Waals surface area contributed by atoms with Crippen LogP contribution in [-0.4, -0.2) is 48.9 Å². The molecule has 150 valence electrons. The van der Waals surface area contributed by atoms with Crippen LogP contribution in [0.1, 0.15) is 65.7 Å². The van der Waals surface area contributed by atoms with Crippen molar-refractivity contribution >= 4 is 13.7 Å². The molecule has 0 atom stereocenters. The molecule has 0 amide bonds. The zero-order valence-electron chi connectivity index (χ0n) is 16.9. The van der Waals surface area contributed by atoms with Crippen molar-refractivity contribution in [3.63, 3.8) is 0 Å².